The molecule has 0 bridgehead atoms. The fraction of sp³-hybridized carbons (Fsp3) is 0.762. The number of rotatable bonds is 5. The van der Waals surface area contributed by atoms with E-state index in [1.807, 2.05) is 0 Å². The Morgan fingerprint density at radius 3 is 2.74 bits per heavy atom. The molecule has 6 nitrogen and oxygen atoms in total. The van der Waals surface area contributed by atoms with Crippen molar-refractivity contribution in [3.8, 4) is 0 Å². The van der Waals surface area contributed by atoms with Gasteiger partial charge in [0.05, 0.1) is 0 Å². The number of nitrogens with zero attached hydrogens (tertiary/aromatic N) is 4. The van der Waals surface area contributed by atoms with Crippen molar-refractivity contribution in [2.24, 2.45) is 11.8 Å². The van der Waals surface area contributed by atoms with Crippen LogP contribution in [0.2, 0.25) is 0 Å². The van der Waals surface area contributed by atoms with Crippen LogP contribution in [0.5, 0.6) is 0 Å². The highest BCUT2D eigenvalue weighted by Gasteiger charge is 2.30. The van der Waals surface area contributed by atoms with Crippen molar-refractivity contribution in [2.45, 2.75) is 52.4 Å². The Hall–Kier alpha value is -1.69. The van der Waals surface area contributed by atoms with Crippen LogP contribution in [0, 0.1) is 11.8 Å². The number of aromatic nitrogens is 2. The number of carbonyl (C=O) groups is 1. The van der Waals surface area contributed by atoms with Crippen LogP contribution in [0.4, 0.5) is 5.82 Å². The summed E-state index contributed by atoms with van der Waals surface area (Å²) in [5.41, 5.74) is 1.68. The zero-order valence-electron chi connectivity index (χ0n) is 16.8. The van der Waals surface area contributed by atoms with E-state index in [1.165, 1.54) is 45.3 Å². The van der Waals surface area contributed by atoms with Crippen molar-refractivity contribution in [3.63, 3.8) is 0 Å². The first-order valence-corrected chi connectivity index (χ1v) is 10.8. The minimum Gasteiger partial charge on any atom is -0.356 e. The van der Waals surface area contributed by atoms with Gasteiger partial charge in [-0.3, -0.25) is 4.79 Å². The molecule has 1 aromatic rings. The van der Waals surface area contributed by atoms with Crippen molar-refractivity contribution in [1.82, 2.24) is 20.2 Å². The molecule has 1 amide bonds. The molecule has 1 unspecified atom stereocenters. The number of likely N-dealkylation sites (tertiary alicyclic amines) is 1. The molecule has 3 aliphatic heterocycles. The van der Waals surface area contributed by atoms with E-state index in [1.54, 1.807) is 0 Å². The van der Waals surface area contributed by atoms with Gasteiger partial charge in [0.25, 0.3) is 5.91 Å². The molecule has 4 heterocycles. The summed E-state index contributed by atoms with van der Waals surface area (Å²) < 4.78 is 0. The normalized spacial score (nSPS) is 23.6. The van der Waals surface area contributed by atoms with Crippen LogP contribution >= 0.6 is 0 Å². The second kappa shape index (κ2) is 8.13. The van der Waals surface area contributed by atoms with E-state index in [4.69, 9.17) is 4.98 Å². The zero-order chi connectivity index (χ0) is 18.8. The van der Waals surface area contributed by atoms with Crippen molar-refractivity contribution >= 4 is 11.7 Å². The molecule has 3 aliphatic rings. The Morgan fingerprint density at radius 2 is 1.96 bits per heavy atom. The maximum Gasteiger partial charge on any atom is 0.270 e. The third-order valence-electron chi connectivity index (χ3n) is 6.03. The topological polar surface area (TPSA) is 61.4 Å². The second-order valence-electron chi connectivity index (χ2n) is 8.86. The van der Waals surface area contributed by atoms with E-state index in [0.717, 1.165) is 43.1 Å². The summed E-state index contributed by atoms with van der Waals surface area (Å²) in [5, 5.41) is 2.95. The zero-order valence-corrected chi connectivity index (χ0v) is 16.8. The van der Waals surface area contributed by atoms with Gasteiger partial charge in [-0.25, -0.2) is 9.97 Å². The summed E-state index contributed by atoms with van der Waals surface area (Å²) in [7, 11) is 0. The Bertz CT molecular complexity index is 683. The average Bonchev–Trinajstić information content (AvgIpc) is 3.15. The molecule has 0 radical (unpaired) electrons. The second-order valence-corrected chi connectivity index (χ2v) is 8.86. The molecule has 0 saturated carbocycles. The first-order valence-electron chi connectivity index (χ1n) is 10.8. The molecule has 0 aliphatic carbocycles. The van der Waals surface area contributed by atoms with Gasteiger partial charge in [0, 0.05) is 38.2 Å². The lowest BCUT2D eigenvalue weighted by molar-refractivity contribution is 0.0940. The maximum absolute atomic E-state index is 12.4. The van der Waals surface area contributed by atoms with Crippen LogP contribution < -0.4 is 10.2 Å². The molecular formula is C21H33N5O. The standard InChI is InChI=1S/C21H33N5O/c1-15(2)12-18-23-19-17(7-8-22-21(19)27)20(24-18)26-11-5-6-16(14-26)13-25-9-3-4-10-25/h15-16H,3-14H2,1-2H3,(H,22,27). The highest BCUT2D eigenvalue weighted by Crippen LogP contribution is 2.29. The van der Waals surface area contributed by atoms with E-state index in [2.05, 4.69) is 33.9 Å². The molecule has 0 spiro atoms. The lowest BCUT2D eigenvalue weighted by Crippen LogP contribution is -2.42. The van der Waals surface area contributed by atoms with Crippen LogP contribution in [-0.4, -0.2) is 60.0 Å². The SMILES string of the molecule is CC(C)Cc1nc2c(c(N3CCCC(CN4CCCC4)C3)n1)CCNC2=O. The summed E-state index contributed by atoms with van der Waals surface area (Å²) in [6.45, 7) is 10.9. The fourth-order valence-corrected chi connectivity index (χ4v) is 4.77. The number of anilines is 1. The molecule has 1 aromatic heterocycles. The Morgan fingerprint density at radius 1 is 1.15 bits per heavy atom. The molecule has 6 heteroatoms. The third kappa shape index (κ3) is 4.26. The van der Waals surface area contributed by atoms with Gasteiger partial charge in [-0.1, -0.05) is 13.8 Å². The number of hydrogen-bond donors (Lipinski definition) is 1. The third-order valence-corrected chi connectivity index (χ3v) is 6.03. The number of piperidine rings is 1. The molecule has 2 fully saturated rings. The van der Waals surface area contributed by atoms with Crippen LogP contribution in [0.25, 0.3) is 0 Å². The predicted octanol–water partition coefficient (Wildman–Crippen LogP) is 2.27. The minimum atomic E-state index is -0.0319. The van der Waals surface area contributed by atoms with E-state index in [9.17, 15) is 4.79 Å². The fourth-order valence-electron chi connectivity index (χ4n) is 4.77. The van der Waals surface area contributed by atoms with E-state index >= 15 is 0 Å². The highest BCUT2D eigenvalue weighted by molar-refractivity contribution is 5.96. The van der Waals surface area contributed by atoms with Crippen molar-refractivity contribution < 1.29 is 4.79 Å². The first-order chi connectivity index (χ1) is 13.1. The highest BCUT2D eigenvalue weighted by atomic mass is 16.1. The van der Waals surface area contributed by atoms with Crippen LogP contribution in [0.1, 0.15) is 61.4 Å². The summed E-state index contributed by atoms with van der Waals surface area (Å²) in [6.07, 6.45) is 6.87. The lowest BCUT2D eigenvalue weighted by Gasteiger charge is -2.37. The predicted molar refractivity (Wildman–Crippen MR) is 107 cm³/mol. The van der Waals surface area contributed by atoms with Crippen molar-refractivity contribution in [2.75, 3.05) is 44.2 Å². The van der Waals surface area contributed by atoms with Gasteiger partial charge in [-0.2, -0.15) is 0 Å². The number of hydrogen-bond acceptors (Lipinski definition) is 5. The van der Waals surface area contributed by atoms with Crippen LogP contribution in [0.15, 0.2) is 0 Å². The molecule has 2 saturated heterocycles. The van der Waals surface area contributed by atoms with Gasteiger partial charge in [-0.05, 0) is 57.0 Å². The molecule has 0 aromatic carbocycles. The van der Waals surface area contributed by atoms with Crippen LogP contribution in [-0.2, 0) is 12.8 Å². The summed E-state index contributed by atoms with van der Waals surface area (Å²) in [5.74, 6) is 3.00. The first kappa shape index (κ1) is 18.7. The summed E-state index contributed by atoms with van der Waals surface area (Å²) in [6, 6.07) is 0. The van der Waals surface area contributed by atoms with E-state index in [-0.39, 0.29) is 5.91 Å². The smallest absolute Gasteiger partial charge is 0.270 e. The van der Waals surface area contributed by atoms with Crippen LogP contribution in [0.3, 0.4) is 0 Å². The van der Waals surface area contributed by atoms with Gasteiger partial charge in [0.2, 0.25) is 0 Å². The summed E-state index contributed by atoms with van der Waals surface area (Å²) in [4.78, 5) is 27.1. The van der Waals surface area contributed by atoms with Gasteiger partial charge in [0.1, 0.15) is 17.3 Å². The molecule has 4 rings (SSSR count). The van der Waals surface area contributed by atoms with Gasteiger partial charge in [-0.15, -0.1) is 0 Å². The molecule has 1 atom stereocenters. The number of amides is 1. The molecule has 1 N–H and O–H groups in total. The summed E-state index contributed by atoms with van der Waals surface area (Å²) >= 11 is 0. The quantitative estimate of drug-likeness (QED) is 0.860. The monoisotopic (exact) mass is 371 g/mol. The largest absolute Gasteiger partial charge is 0.356 e. The number of fused-ring (bicyclic) bond motifs is 1. The lowest BCUT2D eigenvalue weighted by atomic mass is 9.96. The molecule has 27 heavy (non-hydrogen) atoms. The van der Waals surface area contributed by atoms with Crippen molar-refractivity contribution in [3.05, 3.63) is 17.1 Å². The van der Waals surface area contributed by atoms with Gasteiger partial charge >= 0.3 is 0 Å². The maximum atomic E-state index is 12.4. The van der Waals surface area contributed by atoms with E-state index in [0.29, 0.717) is 24.1 Å². The van der Waals surface area contributed by atoms with Crippen molar-refractivity contribution in [1.29, 1.82) is 0 Å². The Kier molecular flexibility index (Phi) is 5.62. The number of carbonyl (C=O) groups excluding carboxylic acids is 1. The average molecular weight is 372 g/mol. The molecular weight excluding hydrogens is 338 g/mol. The Labute approximate surface area is 162 Å². The van der Waals surface area contributed by atoms with Gasteiger partial charge < -0.3 is 15.1 Å². The minimum absolute atomic E-state index is 0.0319. The van der Waals surface area contributed by atoms with Gasteiger partial charge in [0.15, 0.2) is 0 Å². The number of nitrogens with one attached hydrogen (secondary N) is 1. The Balaban J connectivity index is 1.58. The van der Waals surface area contributed by atoms with E-state index < -0.39 is 0 Å². The molecule has 148 valence electrons.